The SMILES string of the molecule is CCOC(=O)N1CCC(=O)CC(C)C1. The third-order valence-corrected chi connectivity index (χ3v) is 2.29. The summed E-state index contributed by atoms with van der Waals surface area (Å²) in [6, 6.07) is 0. The molecule has 1 heterocycles. The maximum atomic E-state index is 11.4. The van der Waals surface area contributed by atoms with Crippen molar-refractivity contribution in [1.82, 2.24) is 4.90 Å². The van der Waals surface area contributed by atoms with Gasteiger partial charge < -0.3 is 9.64 Å². The maximum absolute atomic E-state index is 11.4. The van der Waals surface area contributed by atoms with Crippen molar-refractivity contribution in [2.75, 3.05) is 19.7 Å². The topological polar surface area (TPSA) is 46.6 Å². The molecule has 1 amide bonds. The molecule has 4 nitrogen and oxygen atoms in total. The van der Waals surface area contributed by atoms with E-state index in [0.29, 0.717) is 32.5 Å². The van der Waals surface area contributed by atoms with Gasteiger partial charge in [-0.1, -0.05) is 6.92 Å². The number of carbonyl (C=O) groups is 2. The highest BCUT2D eigenvalue weighted by atomic mass is 16.6. The molecule has 0 aromatic heterocycles. The standard InChI is InChI=1S/C10H17NO3/c1-3-14-10(13)11-5-4-9(12)6-8(2)7-11/h8H,3-7H2,1-2H3. The van der Waals surface area contributed by atoms with Gasteiger partial charge in [0.15, 0.2) is 0 Å². The van der Waals surface area contributed by atoms with Gasteiger partial charge in [-0.15, -0.1) is 0 Å². The quantitative estimate of drug-likeness (QED) is 0.642. The highest BCUT2D eigenvalue weighted by molar-refractivity contribution is 5.80. The van der Waals surface area contributed by atoms with Gasteiger partial charge in [-0.3, -0.25) is 4.79 Å². The Morgan fingerprint density at radius 3 is 3.00 bits per heavy atom. The van der Waals surface area contributed by atoms with E-state index in [2.05, 4.69) is 0 Å². The van der Waals surface area contributed by atoms with E-state index in [1.54, 1.807) is 11.8 Å². The van der Waals surface area contributed by atoms with Gasteiger partial charge >= 0.3 is 6.09 Å². The molecule has 80 valence electrons. The largest absolute Gasteiger partial charge is 0.450 e. The first kappa shape index (κ1) is 11.0. The number of hydrogen-bond acceptors (Lipinski definition) is 3. The number of amides is 1. The van der Waals surface area contributed by atoms with Crippen LogP contribution in [-0.2, 0) is 9.53 Å². The van der Waals surface area contributed by atoms with Gasteiger partial charge in [-0.2, -0.15) is 0 Å². The highest BCUT2D eigenvalue weighted by Crippen LogP contribution is 2.13. The fourth-order valence-electron chi connectivity index (χ4n) is 1.66. The predicted molar refractivity (Wildman–Crippen MR) is 52.0 cm³/mol. The molecule has 0 aromatic carbocycles. The highest BCUT2D eigenvalue weighted by Gasteiger charge is 2.23. The molecule has 0 aliphatic carbocycles. The van der Waals surface area contributed by atoms with Crippen LogP contribution in [0.2, 0.25) is 0 Å². The normalized spacial score (nSPS) is 23.1. The first-order chi connectivity index (χ1) is 6.63. The van der Waals surface area contributed by atoms with Crippen LogP contribution < -0.4 is 0 Å². The molecule has 0 bridgehead atoms. The summed E-state index contributed by atoms with van der Waals surface area (Å²) in [6.07, 6.45) is 0.744. The van der Waals surface area contributed by atoms with Gasteiger partial charge in [0.1, 0.15) is 5.78 Å². The van der Waals surface area contributed by atoms with Crippen molar-refractivity contribution >= 4 is 11.9 Å². The summed E-state index contributed by atoms with van der Waals surface area (Å²) in [5.74, 6) is 0.485. The van der Waals surface area contributed by atoms with Crippen LogP contribution in [0.15, 0.2) is 0 Å². The molecule has 1 rings (SSSR count). The first-order valence-corrected chi connectivity index (χ1v) is 5.07. The molecule has 1 aliphatic heterocycles. The Morgan fingerprint density at radius 1 is 1.64 bits per heavy atom. The summed E-state index contributed by atoms with van der Waals surface area (Å²) in [4.78, 5) is 24.3. The Labute approximate surface area is 84.2 Å². The van der Waals surface area contributed by atoms with Gasteiger partial charge in [-0.25, -0.2) is 4.79 Å². The molecule has 14 heavy (non-hydrogen) atoms. The van der Waals surface area contributed by atoms with Crippen molar-refractivity contribution in [3.05, 3.63) is 0 Å². The minimum Gasteiger partial charge on any atom is -0.450 e. The second-order valence-electron chi connectivity index (χ2n) is 3.74. The van der Waals surface area contributed by atoms with Crippen LogP contribution in [0.3, 0.4) is 0 Å². The molecule has 0 aromatic rings. The lowest BCUT2D eigenvalue weighted by Gasteiger charge is -2.21. The zero-order valence-corrected chi connectivity index (χ0v) is 8.78. The average Bonchev–Trinajstić information content (AvgIpc) is 2.27. The molecule has 1 atom stereocenters. The fraction of sp³-hybridized carbons (Fsp3) is 0.800. The van der Waals surface area contributed by atoms with Gasteiger partial charge in [0.2, 0.25) is 0 Å². The van der Waals surface area contributed by atoms with Crippen LogP contribution in [-0.4, -0.2) is 36.5 Å². The van der Waals surface area contributed by atoms with Crippen molar-refractivity contribution in [3.63, 3.8) is 0 Å². The van der Waals surface area contributed by atoms with E-state index >= 15 is 0 Å². The number of rotatable bonds is 1. The lowest BCUT2D eigenvalue weighted by molar-refractivity contribution is -0.119. The number of ketones is 1. The first-order valence-electron chi connectivity index (χ1n) is 5.07. The summed E-state index contributed by atoms with van der Waals surface area (Å²) in [7, 11) is 0. The fourth-order valence-corrected chi connectivity index (χ4v) is 1.66. The average molecular weight is 199 g/mol. The molecule has 4 heteroatoms. The molecule has 0 spiro atoms. The summed E-state index contributed by atoms with van der Waals surface area (Å²) in [5, 5.41) is 0. The number of likely N-dealkylation sites (tertiary alicyclic amines) is 1. The molecular formula is C10H17NO3. The Morgan fingerprint density at radius 2 is 2.36 bits per heavy atom. The number of carbonyl (C=O) groups excluding carboxylic acids is 2. The number of hydrogen-bond donors (Lipinski definition) is 0. The smallest absolute Gasteiger partial charge is 0.409 e. The van der Waals surface area contributed by atoms with Crippen molar-refractivity contribution in [3.8, 4) is 0 Å². The van der Waals surface area contributed by atoms with Crippen molar-refractivity contribution < 1.29 is 14.3 Å². The molecule has 1 aliphatic rings. The van der Waals surface area contributed by atoms with E-state index in [-0.39, 0.29) is 17.8 Å². The lowest BCUT2D eigenvalue weighted by atomic mass is 10.1. The lowest BCUT2D eigenvalue weighted by Crippen LogP contribution is -2.34. The molecule has 1 unspecified atom stereocenters. The van der Waals surface area contributed by atoms with Gasteiger partial charge in [-0.05, 0) is 12.8 Å². The van der Waals surface area contributed by atoms with Gasteiger partial charge in [0.25, 0.3) is 0 Å². The summed E-state index contributed by atoms with van der Waals surface area (Å²) in [6.45, 7) is 5.28. The third kappa shape index (κ3) is 3.01. The second-order valence-corrected chi connectivity index (χ2v) is 3.74. The monoisotopic (exact) mass is 199 g/mol. The molecule has 1 fully saturated rings. The van der Waals surface area contributed by atoms with Crippen LogP contribution >= 0.6 is 0 Å². The minimum absolute atomic E-state index is 0.240. The summed E-state index contributed by atoms with van der Waals surface area (Å²) >= 11 is 0. The number of nitrogens with zero attached hydrogens (tertiary/aromatic N) is 1. The van der Waals surface area contributed by atoms with E-state index in [4.69, 9.17) is 4.74 Å². The van der Waals surface area contributed by atoms with Gasteiger partial charge in [0, 0.05) is 25.9 Å². The Kier molecular flexibility index (Phi) is 3.92. The molecule has 1 saturated heterocycles. The van der Waals surface area contributed by atoms with E-state index in [9.17, 15) is 9.59 Å². The van der Waals surface area contributed by atoms with E-state index in [0.717, 1.165) is 0 Å². The second kappa shape index (κ2) is 4.98. The van der Waals surface area contributed by atoms with Crippen molar-refractivity contribution in [2.24, 2.45) is 5.92 Å². The van der Waals surface area contributed by atoms with Crippen LogP contribution in [0.5, 0.6) is 0 Å². The molecular weight excluding hydrogens is 182 g/mol. The zero-order valence-electron chi connectivity index (χ0n) is 8.78. The maximum Gasteiger partial charge on any atom is 0.409 e. The molecule has 0 N–H and O–H groups in total. The predicted octanol–water partition coefficient (Wildman–Crippen LogP) is 1.44. The molecule has 0 saturated carbocycles. The zero-order chi connectivity index (χ0) is 10.6. The Balaban J connectivity index is 2.52. The Bertz CT molecular complexity index is 227. The number of ether oxygens (including phenoxy) is 1. The van der Waals surface area contributed by atoms with Crippen molar-refractivity contribution in [1.29, 1.82) is 0 Å². The van der Waals surface area contributed by atoms with E-state index in [1.807, 2.05) is 6.92 Å². The van der Waals surface area contributed by atoms with E-state index in [1.165, 1.54) is 0 Å². The van der Waals surface area contributed by atoms with Gasteiger partial charge in [0.05, 0.1) is 6.61 Å². The van der Waals surface area contributed by atoms with Crippen LogP contribution in [0.1, 0.15) is 26.7 Å². The molecule has 0 radical (unpaired) electrons. The third-order valence-electron chi connectivity index (χ3n) is 2.29. The van der Waals surface area contributed by atoms with Crippen molar-refractivity contribution in [2.45, 2.75) is 26.7 Å². The minimum atomic E-state index is -0.297. The number of Topliss-reactive ketones (excluding diaryl/α,β-unsaturated/α-hetero) is 1. The Hall–Kier alpha value is -1.06. The van der Waals surface area contributed by atoms with Crippen LogP contribution in [0.4, 0.5) is 4.79 Å². The van der Waals surface area contributed by atoms with Crippen LogP contribution in [0.25, 0.3) is 0 Å². The summed E-state index contributed by atoms with van der Waals surface area (Å²) in [5.41, 5.74) is 0. The van der Waals surface area contributed by atoms with E-state index < -0.39 is 0 Å². The summed E-state index contributed by atoms with van der Waals surface area (Å²) < 4.78 is 4.90. The van der Waals surface area contributed by atoms with Crippen LogP contribution in [0, 0.1) is 5.92 Å².